The van der Waals surface area contributed by atoms with Gasteiger partial charge in [-0.1, -0.05) is 13.0 Å². The molecule has 1 atom stereocenters. The molecule has 0 fully saturated rings. The highest BCUT2D eigenvalue weighted by molar-refractivity contribution is 9.10. The minimum atomic E-state index is 0.579. The van der Waals surface area contributed by atoms with E-state index >= 15 is 0 Å². The van der Waals surface area contributed by atoms with Gasteiger partial charge in [0.1, 0.15) is 5.75 Å². The first-order valence-corrected chi connectivity index (χ1v) is 7.02. The van der Waals surface area contributed by atoms with Gasteiger partial charge in [-0.25, -0.2) is 0 Å². The van der Waals surface area contributed by atoms with Crippen molar-refractivity contribution >= 4 is 15.9 Å². The van der Waals surface area contributed by atoms with Crippen LogP contribution in [0.5, 0.6) is 5.75 Å². The molecule has 0 aliphatic heterocycles. The molecular formula is C14H22BrNO. The first-order chi connectivity index (χ1) is 8.17. The van der Waals surface area contributed by atoms with E-state index in [-0.39, 0.29) is 0 Å². The number of aryl methyl sites for hydroxylation is 1. The Morgan fingerprint density at radius 1 is 1.41 bits per heavy atom. The zero-order valence-corrected chi connectivity index (χ0v) is 12.5. The van der Waals surface area contributed by atoms with Crippen LogP contribution in [0.3, 0.4) is 0 Å². The average molecular weight is 300 g/mol. The summed E-state index contributed by atoms with van der Waals surface area (Å²) in [6.45, 7) is 5.54. The summed E-state index contributed by atoms with van der Waals surface area (Å²) < 4.78 is 6.25. The van der Waals surface area contributed by atoms with E-state index in [1.165, 1.54) is 18.4 Å². The third-order valence-corrected chi connectivity index (χ3v) is 3.44. The van der Waals surface area contributed by atoms with Crippen molar-refractivity contribution in [1.82, 2.24) is 5.32 Å². The average Bonchev–Trinajstić information content (AvgIpc) is 2.34. The highest BCUT2D eigenvalue weighted by Gasteiger charge is 2.04. The van der Waals surface area contributed by atoms with Crippen LogP contribution in [0.25, 0.3) is 0 Å². The largest absolute Gasteiger partial charge is 0.496 e. The topological polar surface area (TPSA) is 21.3 Å². The van der Waals surface area contributed by atoms with Gasteiger partial charge in [-0.15, -0.1) is 0 Å². The SMILES string of the molecule is CCCNC(C)CCc1ccc(OC)c(Br)c1. The van der Waals surface area contributed by atoms with Crippen LogP contribution in [0.1, 0.15) is 32.3 Å². The molecule has 1 unspecified atom stereocenters. The molecule has 0 bridgehead atoms. The number of benzene rings is 1. The molecule has 0 spiro atoms. The van der Waals surface area contributed by atoms with Gasteiger partial charge in [0.25, 0.3) is 0 Å². The van der Waals surface area contributed by atoms with E-state index in [2.05, 4.69) is 47.2 Å². The van der Waals surface area contributed by atoms with E-state index in [0.29, 0.717) is 6.04 Å². The predicted octanol–water partition coefficient (Wildman–Crippen LogP) is 3.78. The van der Waals surface area contributed by atoms with Gasteiger partial charge < -0.3 is 10.1 Å². The normalized spacial score (nSPS) is 12.5. The summed E-state index contributed by atoms with van der Waals surface area (Å²) in [6, 6.07) is 6.88. The Morgan fingerprint density at radius 3 is 2.76 bits per heavy atom. The Balaban J connectivity index is 2.44. The molecule has 3 heteroatoms. The Hall–Kier alpha value is -0.540. The molecule has 1 aromatic carbocycles. The smallest absolute Gasteiger partial charge is 0.133 e. The van der Waals surface area contributed by atoms with Crippen LogP contribution in [0.2, 0.25) is 0 Å². The molecule has 0 heterocycles. The number of ether oxygens (including phenoxy) is 1. The van der Waals surface area contributed by atoms with Crippen LogP contribution in [-0.2, 0) is 6.42 Å². The van der Waals surface area contributed by atoms with Gasteiger partial charge in [0.05, 0.1) is 11.6 Å². The summed E-state index contributed by atoms with van der Waals surface area (Å²) in [7, 11) is 1.69. The number of rotatable bonds is 7. The highest BCUT2D eigenvalue weighted by atomic mass is 79.9. The molecule has 0 radical (unpaired) electrons. The van der Waals surface area contributed by atoms with Crippen molar-refractivity contribution in [3.05, 3.63) is 28.2 Å². The molecule has 96 valence electrons. The number of hydrogen-bond donors (Lipinski definition) is 1. The van der Waals surface area contributed by atoms with Gasteiger partial charge in [0.15, 0.2) is 0 Å². The Kier molecular flexibility index (Phi) is 6.60. The number of nitrogens with one attached hydrogen (secondary N) is 1. The number of methoxy groups -OCH3 is 1. The van der Waals surface area contributed by atoms with Gasteiger partial charge >= 0.3 is 0 Å². The van der Waals surface area contributed by atoms with E-state index in [1.807, 2.05) is 6.07 Å². The third kappa shape index (κ3) is 5.09. The van der Waals surface area contributed by atoms with Gasteiger partial charge in [0.2, 0.25) is 0 Å². The molecule has 2 nitrogen and oxygen atoms in total. The zero-order chi connectivity index (χ0) is 12.7. The van der Waals surface area contributed by atoms with E-state index in [0.717, 1.165) is 23.2 Å². The fourth-order valence-corrected chi connectivity index (χ4v) is 2.33. The van der Waals surface area contributed by atoms with Gasteiger partial charge in [-0.3, -0.25) is 0 Å². The van der Waals surface area contributed by atoms with Crippen molar-refractivity contribution in [2.45, 2.75) is 39.2 Å². The summed E-state index contributed by atoms with van der Waals surface area (Å²) in [5.41, 5.74) is 1.35. The molecule has 0 saturated heterocycles. The molecule has 17 heavy (non-hydrogen) atoms. The van der Waals surface area contributed by atoms with Crippen LogP contribution in [-0.4, -0.2) is 19.7 Å². The summed E-state index contributed by atoms with van der Waals surface area (Å²) >= 11 is 3.52. The summed E-state index contributed by atoms with van der Waals surface area (Å²) in [5, 5.41) is 3.50. The Bertz CT molecular complexity index is 341. The Morgan fingerprint density at radius 2 is 2.18 bits per heavy atom. The van der Waals surface area contributed by atoms with Gasteiger partial charge in [0, 0.05) is 6.04 Å². The predicted molar refractivity (Wildman–Crippen MR) is 76.8 cm³/mol. The molecular weight excluding hydrogens is 278 g/mol. The van der Waals surface area contributed by atoms with E-state index in [1.54, 1.807) is 7.11 Å². The monoisotopic (exact) mass is 299 g/mol. The van der Waals surface area contributed by atoms with E-state index in [9.17, 15) is 0 Å². The number of halogens is 1. The van der Waals surface area contributed by atoms with Crippen molar-refractivity contribution in [2.75, 3.05) is 13.7 Å². The summed E-state index contributed by atoms with van der Waals surface area (Å²) in [6.07, 6.45) is 3.46. The van der Waals surface area contributed by atoms with Crippen LogP contribution >= 0.6 is 15.9 Å². The second-order valence-corrected chi connectivity index (χ2v) is 5.22. The fourth-order valence-electron chi connectivity index (χ4n) is 1.74. The standard InChI is InChI=1S/C14H22BrNO/c1-4-9-16-11(2)5-6-12-7-8-14(17-3)13(15)10-12/h7-8,10-11,16H,4-6,9H2,1-3H3. The lowest BCUT2D eigenvalue weighted by molar-refractivity contribution is 0.412. The van der Waals surface area contributed by atoms with Gasteiger partial charge in [-0.2, -0.15) is 0 Å². The first kappa shape index (κ1) is 14.5. The maximum atomic E-state index is 5.22. The summed E-state index contributed by atoms with van der Waals surface area (Å²) in [4.78, 5) is 0. The molecule has 1 N–H and O–H groups in total. The van der Waals surface area contributed by atoms with Crippen molar-refractivity contribution < 1.29 is 4.74 Å². The van der Waals surface area contributed by atoms with Crippen LogP contribution in [0.15, 0.2) is 22.7 Å². The second-order valence-electron chi connectivity index (χ2n) is 4.36. The van der Waals surface area contributed by atoms with Crippen molar-refractivity contribution in [1.29, 1.82) is 0 Å². The van der Waals surface area contributed by atoms with Crippen LogP contribution in [0, 0.1) is 0 Å². The van der Waals surface area contributed by atoms with Crippen LogP contribution in [0.4, 0.5) is 0 Å². The second kappa shape index (κ2) is 7.72. The van der Waals surface area contributed by atoms with Crippen molar-refractivity contribution in [2.24, 2.45) is 0 Å². The quantitative estimate of drug-likeness (QED) is 0.827. The molecule has 0 saturated carbocycles. The third-order valence-electron chi connectivity index (χ3n) is 2.83. The lowest BCUT2D eigenvalue weighted by atomic mass is 10.1. The minimum absolute atomic E-state index is 0.579. The first-order valence-electron chi connectivity index (χ1n) is 6.23. The molecule has 0 aromatic heterocycles. The van der Waals surface area contributed by atoms with E-state index in [4.69, 9.17) is 4.74 Å². The lowest BCUT2D eigenvalue weighted by Gasteiger charge is -2.13. The molecule has 0 amide bonds. The molecule has 1 aromatic rings. The molecule has 0 aliphatic rings. The maximum absolute atomic E-state index is 5.22. The molecule has 0 aliphatic carbocycles. The maximum Gasteiger partial charge on any atom is 0.133 e. The fraction of sp³-hybridized carbons (Fsp3) is 0.571. The van der Waals surface area contributed by atoms with Gasteiger partial charge in [-0.05, 0) is 66.4 Å². The van der Waals surface area contributed by atoms with Crippen molar-refractivity contribution in [3.8, 4) is 5.75 Å². The van der Waals surface area contributed by atoms with E-state index < -0.39 is 0 Å². The van der Waals surface area contributed by atoms with Crippen molar-refractivity contribution in [3.63, 3.8) is 0 Å². The summed E-state index contributed by atoms with van der Waals surface area (Å²) in [5.74, 6) is 0.894. The van der Waals surface area contributed by atoms with Crippen LogP contribution < -0.4 is 10.1 Å². The molecule has 1 rings (SSSR count). The Labute approximate surface area is 113 Å². The highest BCUT2D eigenvalue weighted by Crippen LogP contribution is 2.26. The zero-order valence-electron chi connectivity index (χ0n) is 10.9. The number of hydrogen-bond acceptors (Lipinski definition) is 2. The lowest BCUT2D eigenvalue weighted by Crippen LogP contribution is -2.27. The minimum Gasteiger partial charge on any atom is -0.496 e.